The highest BCUT2D eigenvalue weighted by molar-refractivity contribution is 5.26. The fourth-order valence-electron chi connectivity index (χ4n) is 1.61. The number of hydrogen-bond donors (Lipinski definition) is 2. The van der Waals surface area contributed by atoms with Gasteiger partial charge in [-0.05, 0) is 17.7 Å². The molecule has 1 saturated heterocycles. The van der Waals surface area contributed by atoms with Gasteiger partial charge in [-0.3, -0.25) is 0 Å². The van der Waals surface area contributed by atoms with E-state index >= 15 is 0 Å². The summed E-state index contributed by atoms with van der Waals surface area (Å²) in [5.41, 5.74) is 0.892. The van der Waals surface area contributed by atoms with Gasteiger partial charge >= 0.3 is 0 Å². The number of nitrogens with one attached hydrogen (secondary N) is 1. The summed E-state index contributed by atoms with van der Waals surface area (Å²) in [6.07, 6.45) is 0.131. The van der Waals surface area contributed by atoms with Crippen LogP contribution in [0.1, 0.15) is 5.56 Å². The molecule has 1 unspecified atom stereocenters. The number of benzene rings is 1. The van der Waals surface area contributed by atoms with Crippen LogP contribution in [0.4, 0.5) is 0 Å². The predicted molar refractivity (Wildman–Crippen MR) is 60.5 cm³/mol. The minimum atomic E-state index is 0.0654. The molecule has 4 heteroatoms. The van der Waals surface area contributed by atoms with Crippen LogP contribution in [-0.4, -0.2) is 37.5 Å². The van der Waals surface area contributed by atoms with Gasteiger partial charge in [-0.15, -0.1) is 0 Å². The Morgan fingerprint density at radius 1 is 1.38 bits per heavy atom. The molecule has 1 aromatic rings. The highest BCUT2D eigenvalue weighted by Gasteiger charge is 2.13. The van der Waals surface area contributed by atoms with Crippen molar-refractivity contribution in [3.63, 3.8) is 0 Å². The Kier molecular flexibility index (Phi) is 4.16. The van der Waals surface area contributed by atoms with Crippen LogP contribution in [0.3, 0.4) is 0 Å². The van der Waals surface area contributed by atoms with Crippen LogP contribution in [0.5, 0.6) is 5.75 Å². The minimum absolute atomic E-state index is 0.0654. The van der Waals surface area contributed by atoms with Crippen LogP contribution in [0.15, 0.2) is 24.3 Å². The van der Waals surface area contributed by atoms with Gasteiger partial charge in [-0.25, -0.2) is 0 Å². The van der Waals surface area contributed by atoms with Crippen molar-refractivity contribution in [2.24, 2.45) is 0 Å². The third kappa shape index (κ3) is 3.20. The van der Waals surface area contributed by atoms with E-state index in [0.29, 0.717) is 6.61 Å². The molecule has 1 atom stereocenters. The van der Waals surface area contributed by atoms with Crippen LogP contribution >= 0.6 is 0 Å². The van der Waals surface area contributed by atoms with Gasteiger partial charge in [0.2, 0.25) is 0 Å². The molecule has 0 saturated carbocycles. The van der Waals surface area contributed by atoms with Crippen LogP contribution in [0.25, 0.3) is 0 Å². The lowest BCUT2D eigenvalue weighted by Crippen LogP contribution is -2.41. The van der Waals surface area contributed by atoms with Crippen molar-refractivity contribution >= 4 is 0 Å². The van der Waals surface area contributed by atoms with E-state index in [1.807, 2.05) is 24.3 Å². The van der Waals surface area contributed by atoms with Crippen molar-refractivity contribution in [2.45, 2.75) is 12.7 Å². The third-order valence-electron chi connectivity index (χ3n) is 2.55. The first kappa shape index (κ1) is 11.4. The maximum absolute atomic E-state index is 8.89. The summed E-state index contributed by atoms with van der Waals surface area (Å²) in [4.78, 5) is 0. The maximum Gasteiger partial charge on any atom is 0.119 e. The Hall–Kier alpha value is -1.10. The summed E-state index contributed by atoms with van der Waals surface area (Å²) in [5.74, 6) is 0.811. The van der Waals surface area contributed by atoms with Crippen molar-refractivity contribution in [1.82, 2.24) is 5.32 Å². The molecule has 2 rings (SSSR count). The first-order chi connectivity index (χ1) is 7.88. The number of rotatable bonds is 4. The molecular formula is C12H17NO3. The van der Waals surface area contributed by atoms with Crippen LogP contribution in [0.2, 0.25) is 0 Å². The molecule has 0 spiro atoms. The zero-order valence-electron chi connectivity index (χ0n) is 9.19. The average molecular weight is 223 g/mol. The zero-order valence-corrected chi connectivity index (χ0v) is 9.19. The van der Waals surface area contributed by atoms with Crippen molar-refractivity contribution in [2.75, 3.05) is 26.3 Å². The van der Waals surface area contributed by atoms with Crippen LogP contribution < -0.4 is 10.1 Å². The summed E-state index contributed by atoms with van der Waals surface area (Å²) in [6.45, 7) is 3.13. The largest absolute Gasteiger partial charge is 0.491 e. The quantitative estimate of drug-likeness (QED) is 0.782. The fraction of sp³-hybridized carbons (Fsp3) is 0.500. The number of aliphatic hydroxyl groups is 1. The van der Waals surface area contributed by atoms with Gasteiger partial charge in [0.15, 0.2) is 0 Å². The number of morpholine rings is 1. The van der Waals surface area contributed by atoms with E-state index in [9.17, 15) is 0 Å². The van der Waals surface area contributed by atoms with Crippen molar-refractivity contribution in [3.05, 3.63) is 29.8 Å². The Morgan fingerprint density at radius 2 is 2.19 bits per heavy atom. The molecule has 0 radical (unpaired) electrons. The average Bonchev–Trinajstić information content (AvgIpc) is 2.38. The fourth-order valence-corrected chi connectivity index (χ4v) is 1.61. The van der Waals surface area contributed by atoms with Gasteiger partial charge in [-0.1, -0.05) is 12.1 Å². The molecular weight excluding hydrogens is 206 g/mol. The van der Waals surface area contributed by atoms with Crippen molar-refractivity contribution < 1.29 is 14.6 Å². The standard InChI is InChI=1S/C12H17NO3/c14-8-10-1-3-11(4-2-10)16-9-12-7-13-5-6-15-12/h1-4,12-14H,5-9H2. The molecule has 1 aromatic carbocycles. The molecule has 0 amide bonds. The van der Waals surface area contributed by atoms with E-state index in [1.165, 1.54) is 0 Å². The lowest BCUT2D eigenvalue weighted by molar-refractivity contribution is 0.000188. The lowest BCUT2D eigenvalue weighted by Gasteiger charge is -2.23. The molecule has 1 heterocycles. The third-order valence-corrected chi connectivity index (χ3v) is 2.55. The molecule has 0 aromatic heterocycles. The molecule has 16 heavy (non-hydrogen) atoms. The lowest BCUT2D eigenvalue weighted by atomic mass is 10.2. The molecule has 0 bridgehead atoms. The SMILES string of the molecule is OCc1ccc(OCC2CNCCO2)cc1. The number of hydrogen-bond acceptors (Lipinski definition) is 4. The maximum atomic E-state index is 8.89. The van der Waals surface area contributed by atoms with Gasteiger partial charge < -0.3 is 19.9 Å². The Labute approximate surface area is 95.2 Å². The van der Waals surface area contributed by atoms with Gasteiger partial charge in [-0.2, -0.15) is 0 Å². The van der Waals surface area contributed by atoms with E-state index in [2.05, 4.69) is 5.32 Å². The second-order valence-corrected chi connectivity index (χ2v) is 3.81. The second-order valence-electron chi connectivity index (χ2n) is 3.81. The van der Waals surface area contributed by atoms with Crippen LogP contribution in [0, 0.1) is 0 Å². The molecule has 1 fully saturated rings. The predicted octanol–water partition coefficient (Wildman–Crippen LogP) is 0.546. The Bertz CT molecular complexity index is 307. The zero-order chi connectivity index (χ0) is 11.2. The molecule has 0 aliphatic carbocycles. The topological polar surface area (TPSA) is 50.7 Å². The summed E-state index contributed by atoms with van der Waals surface area (Å²) in [7, 11) is 0. The van der Waals surface area contributed by atoms with E-state index in [0.717, 1.165) is 31.0 Å². The van der Waals surface area contributed by atoms with Gasteiger partial charge in [0.05, 0.1) is 13.2 Å². The first-order valence-electron chi connectivity index (χ1n) is 5.53. The molecule has 1 aliphatic rings. The van der Waals surface area contributed by atoms with E-state index in [1.54, 1.807) is 0 Å². The summed E-state index contributed by atoms with van der Waals surface area (Å²) in [6, 6.07) is 7.44. The van der Waals surface area contributed by atoms with E-state index in [4.69, 9.17) is 14.6 Å². The van der Waals surface area contributed by atoms with E-state index in [-0.39, 0.29) is 12.7 Å². The van der Waals surface area contributed by atoms with Gasteiger partial charge in [0, 0.05) is 13.1 Å². The van der Waals surface area contributed by atoms with Gasteiger partial charge in [0.1, 0.15) is 18.5 Å². The normalized spacial score (nSPS) is 20.7. The summed E-state index contributed by atoms with van der Waals surface area (Å²) in [5, 5.41) is 12.1. The Morgan fingerprint density at radius 3 is 2.81 bits per heavy atom. The van der Waals surface area contributed by atoms with Crippen molar-refractivity contribution in [1.29, 1.82) is 0 Å². The summed E-state index contributed by atoms with van der Waals surface area (Å²) < 4.78 is 11.1. The van der Waals surface area contributed by atoms with Crippen molar-refractivity contribution in [3.8, 4) is 5.75 Å². The monoisotopic (exact) mass is 223 g/mol. The molecule has 2 N–H and O–H groups in total. The smallest absolute Gasteiger partial charge is 0.119 e. The van der Waals surface area contributed by atoms with Crippen LogP contribution in [-0.2, 0) is 11.3 Å². The molecule has 4 nitrogen and oxygen atoms in total. The van der Waals surface area contributed by atoms with E-state index < -0.39 is 0 Å². The highest BCUT2D eigenvalue weighted by Crippen LogP contribution is 2.12. The number of ether oxygens (including phenoxy) is 2. The highest BCUT2D eigenvalue weighted by atomic mass is 16.5. The Balaban J connectivity index is 1.79. The van der Waals surface area contributed by atoms with Gasteiger partial charge in [0.25, 0.3) is 0 Å². The molecule has 1 aliphatic heterocycles. The first-order valence-corrected chi connectivity index (χ1v) is 5.53. The summed E-state index contributed by atoms with van der Waals surface area (Å²) >= 11 is 0. The number of aliphatic hydroxyl groups excluding tert-OH is 1. The minimum Gasteiger partial charge on any atom is -0.491 e. The second kappa shape index (κ2) is 5.84. The molecule has 88 valence electrons.